The van der Waals surface area contributed by atoms with Crippen LogP contribution in [0.5, 0.6) is 0 Å². The Morgan fingerprint density at radius 1 is 1.59 bits per heavy atom. The van der Waals surface area contributed by atoms with Crippen LogP contribution in [-0.2, 0) is 4.74 Å². The molecule has 0 aliphatic carbocycles. The van der Waals surface area contributed by atoms with E-state index in [0.29, 0.717) is 16.6 Å². The van der Waals surface area contributed by atoms with Crippen molar-refractivity contribution < 1.29 is 19.0 Å². The van der Waals surface area contributed by atoms with Gasteiger partial charge in [-0.2, -0.15) is 0 Å². The van der Waals surface area contributed by atoms with E-state index < -0.39 is 18.0 Å². The molecule has 1 aromatic rings. The smallest absolute Gasteiger partial charge is 0.407 e. The molecule has 1 aliphatic heterocycles. The van der Waals surface area contributed by atoms with E-state index in [1.807, 2.05) is 0 Å². The summed E-state index contributed by atoms with van der Waals surface area (Å²) in [6.07, 6.45) is -1.54. The first-order chi connectivity index (χ1) is 8.08. The van der Waals surface area contributed by atoms with E-state index in [1.165, 1.54) is 11.0 Å². The maximum absolute atomic E-state index is 13.7. The minimum atomic E-state index is -1.00. The Labute approximate surface area is 106 Å². The van der Waals surface area contributed by atoms with Crippen molar-refractivity contribution >= 4 is 22.0 Å². The normalized spacial score (nSPS) is 20.4. The second kappa shape index (κ2) is 5.01. The molecular weight excluding hydrogens is 293 g/mol. The fourth-order valence-electron chi connectivity index (χ4n) is 1.77. The van der Waals surface area contributed by atoms with Gasteiger partial charge in [0.15, 0.2) is 0 Å². The number of morpholine rings is 1. The number of hydrogen-bond acceptors (Lipinski definition) is 2. The van der Waals surface area contributed by atoms with Crippen molar-refractivity contribution in [2.45, 2.75) is 6.10 Å². The van der Waals surface area contributed by atoms with Crippen LogP contribution in [0.1, 0.15) is 11.7 Å². The van der Waals surface area contributed by atoms with Crippen molar-refractivity contribution in [2.75, 3.05) is 19.7 Å². The van der Waals surface area contributed by atoms with Crippen LogP contribution in [0.25, 0.3) is 0 Å². The lowest BCUT2D eigenvalue weighted by Crippen LogP contribution is -2.41. The zero-order chi connectivity index (χ0) is 12.4. The lowest BCUT2D eigenvalue weighted by molar-refractivity contribution is -0.0247. The Morgan fingerprint density at radius 3 is 3.00 bits per heavy atom. The van der Waals surface area contributed by atoms with Gasteiger partial charge in [-0.05, 0) is 12.1 Å². The number of ether oxygens (including phenoxy) is 1. The number of halogens is 2. The summed E-state index contributed by atoms with van der Waals surface area (Å²) in [4.78, 5) is 12.1. The largest absolute Gasteiger partial charge is 0.465 e. The summed E-state index contributed by atoms with van der Waals surface area (Å²) < 4.78 is 19.7. The molecule has 6 heteroatoms. The SMILES string of the molecule is O=C(O)N1CCO[C@@H](c2ccc(Br)cc2F)C1. The standard InChI is InChI=1S/C11H11BrFNO3/c12-7-1-2-8(9(13)5-7)10-6-14(11(15)16)3-4-17-10/h1-2,5,10H,3-4,6H2,(H,15,16)/t10-/m1/s1. The second-order valence-electron chi connectivity index (χ2n) is 3.75. The van der Waals surface area contributed by atoms with E-state index >= 15 is 0 Å². The van der Waals surface area contributed by atoms with Gasteiger partial charge >= 0.3 is 6.09 Å². The van der Waals surface area contributed by atoms with Crippen LogP contribution in [0.15, 0.2) is 22.7 Å². The van der Waals surface area contributed by atoms with Gasteiger partial charge in [-0.25, -0.2) is 9.18 Å². The first-order valence-electron chi connectivity index (χ1n) is 5.12. The van der Waals surface area contributed by atoms with Crippen molar-refractivity contribution in [3.8, 4) is 0 Å². The van der Waals surface area contributed by atoms with E-state index in [2.05, 4.69) is 15.9 Å². The van der Waals surface area contributed by atoms with Crippen LogP contribution < -0.4 is 0 Å². The van der Waals surface area contributed by atoms with Gasteiger partial charge in [0.1, 0.15) is 11.9 Å². The van der Waals surface area contributed by atoms with E-state index in [4.69, 9.17) is 9.84 Å². The van der Waals surface area contributed by atoms with E-state index in [0.717, 1.165) is 0 Å². The van der Waals surface area contributed by atoms with Gasteiger partial charge in [0.05, 0.1) is 13.2 Å². The summed E-state index contributed by atoms with van der Waals surface area (Å²) in [5, 5.41) is 8.89. The van der Waals surface area contributed by atoms with Crippen LogP contribution >= 0.6 is 15.9 Å². The Balaban J connectivity index is 2.19. The monoisotopic (exact) mass is 303 g/mol. The molecule has 1 aromatic carbocycles. The van der Waals surface area contributed by atoms with Gasteiger partial charge in [0.25, 0.3) is 0 Å². The molecule has 1 heterocycles. The molecule has 1 N–H and O–H groups in total. The van der Waals surface area contributed by atoms with Crippen molar-refractivity contribution in [1.29, 1.82) is 0 Å². The maximum Gasteiger partial charge on any atom is 0.407 e. The van der Waals surface area contributed by atoms with Gasteiger partial charge in [0.2, 0.25) is 0 Å². The van der Waals surface area contributed by atoms with Crippen molar-refractivity contribution in [1.82, 2.24) is 4.90 Å². The number of benzene rings is 1. The van der Waals surface area contributed by atoms with E-state index in [1.54, 1.807) is 12.1 Å². The number of carbonyl (C=O) groups is 1. The molecule has 2 rings (SSSR count). The molecule has 92 valence electrons. The van der Waals surface area contributed by atoms with Crippen LogP contribution in [0, 0.1) is 5.82 Å². The molecule has 1 saturated heterocycles. The van der Waals surface area contributed by atoms with Crippen molar-refractivity contribution in [3.63, 3.8) is 0 Å². The number of rotatable bonds is 1. The molecule has 0 aromatic heterocycles. The summed E-state index contributed by atoms with van der Waals surface area (Å²) >= 11 is 3.17. The zero-order valence-corrected chi connectivity index (χ0v) is 10.5. The highest BCUT2D eigenvalue weighted by molar-refractivity contribution is 9.10. The van der Waals surface area contributed by atoms with E-state index in [9.17, 15) is 9.18 Å². The lowest BCUT2D eigenvalue weighted by Gasteiger charge is -2.31. The molecule has 0 bridgehead atoms. The average Bonchev–Trinajstić information content (AvgIpc) is 2.29. The molecule has 0 unspecified atom stereocenters. The molecule has 1 fully saturated rings. The third kappa shape index (κ3) is 2.76. The molecule has 0 spiro atoms. The van der Waals surface area contributed by atoms with Gasteiger partial charge in [-0.15, -0.1) is 0 Å². The first-order valence-corrected chi connectivity index (χ1v) is 5.91. The number of nitrogens with zero attached hydrogens (tertiary/aromatic N) is 1. The quantitative estimate of drug-likeness (QED) is 0.867. The molecule has 1 aliphatic rings. The van der Waals surface area contributed by atoms with Gasteiger partial charge in [0, 0.05) is 16.6 Å². The third-order valence-corrected chi connectivity index (χ3v) is 3.14. The van der Waals surface area contributed by atoms with Gasteiger partial charge in [-0.3, -0.25) is 0 Å². The molecule has 0 saturated carbocycles. The lowest BCUT2D eigenvalue weighted by atomic mass is 10.1. The molecule has 17 heavy (non-hydrogen) atoms. The van der Waals surface area contributed by atoms with Gasteiger partial charge in [-0.1, -0.05) is 22.0 Å². The van der Waals surface area contributed by atoms with Crippen molar-refractivity contribution in [3.05, 3.63) is 34.1 Å². The number of hydrogen-bond donors (Lipinski definition) is 1. The third-order valence-electron chi connectivity index (χ3n) is 2.65. The topological polar surface area (TPSA) is 49.8 Å². The Bertz CT molecular complexity index is 441. The highest BCUT2D eigenvalue weighted by atomic mass is 79.9. The first kappa shape index (κ1) is 12.3. The number of amides is 1. The summed E-state index contributed by atoms with van der Waals surface area (Å²) in [5.74, 6) is -0.392. The summed E-state index contributed by atoms with van der Waals surface area (Å²) in [6.45, 7) is 0.768. The summed E-state index contributed by atoms with van der Waals surface area (Å²) in [5.41, 5.74) is 0.388. The molecular formula is C11H11BrFNO3. The highest BCUT2D eigenvalue weighted by Gasteiger charge is 2.26. The van der Waals surface area contributed by atoms with Crippen LogP contribution in [-0.4, -0.2) is 35.8 Å². The molecule has 4 nitrogen and oxygen atoms in total. The zero-order valence-electron chi connectivity index (χ0n) is 8.90. The predicted octanol–water partition coefficient (Wildman–Crippen LogP) is 2.64. The summed E-state index contributed by atoms with van der Waals surface area (Å²) in [6, 6.07) is 4.66. The maximum atomic E-state index is 13.7. The Hall–Kier alpha value is -1.14. The Morgan fingerprint density at radius 2 is 2.35 bits per heavy atom. The average molecular weight is 304 g/mol. The van der Waals surface area contributed by atoms with Gasteiger partial charge < -0.3 is 14.7 Å². The van der Waals surface area contributed by atoms with Crippen LogP contribution in [0.4, 0.5) is 9.18 Å². The molecule has 1 amide bonds. The minimum Gasteiger partial charge on any atom is -0.465 e. The Kier molecular flexibility index (Phi) is 3.63. The molecule has 1 atom stereocenters. The fraction of sp³-hybridized carbons (Fsp3) is 0.364. The van der Waals surface area contributed by atoms with E-state index in [-0.39, 0.29) is 13.2 Å². The number of carboxylic acid groups (broad SMARTS) is 1. The van der Waals surface area contributed by atoms with Crippen molar-refractivity contribution in [2.24, 2.45) is 0 Å². The predicted molar refractivity (Wildman–Crippen MR) is 62.4 cm³/mol. The summed E-state index contributed by atoms with van der Waals surface area (Å²) in [7, 11) is 0. The van der Waals surface area contributed by atoms with Crippen LogP contribution in [0.3, 0.4) is 0 Å². The molecule has 0 radical (unpaired) electrons. The highest BCUT2D eigenvalue weighted by Crippen LogP contribution is 2.26. The minimum absolute atomic E-state index is 0.161. The fourth-order valence-corrected chi connectivity index (χ4v) is 2.11. The second-order valence-corrected chi connectivity index (χ2v) is 4.67. The van der Waals surface area contributed by atoms with Crippen LogP contribution in [0.2, 0.25) is 0 Å².